The van der Waals surface area contributed by atoms with Gasteiger partial charge in [0.25, 0.3) is 0 Å². The molecule has 0 heterocycles. The lowest BCUT2D eigenvalue weighted by Gasteiger charge is -2.09. The summed E-state index contributed by atoms with van der Waals surface area (Å²) in [7, 11) is 0. The predicted octanol–water partition coefficient (Wildman–Crippen LogP) is 3.70. The van der Waals surface area contributed by atoms with Crippen molar-refractivity contribution >= 4 is 11.6 Å². The summed E-state index contributed by atoms with van der Waals surface area (Å²) < 4.78 is 5.66. The molecule has 0 spiro atoms. The van der Waals surface area contributed by atoms with Crippen molar-refractivity contribution in [3.05, 3.63) is 29.3 Å². The molecule has 1 rings (SSSR count). The van der Waals surface area contributed by atoms with Crippen molar-refractivity contribution in [2.24, 2.45) is 0 Å². The van der Waals surface area contributed by atoms with E-state index in [1.807, 2.05) is 0 Å². The van der Waals surface area contributed by atoms with Gasteiger partial charge in [0.2, 0.25) is 0 Å². The van der Waals surface area contributed by atoms with E-state index in [2.05, 4.69) is 32.0 Å². The Morgan fingerprint density at radius 2 is 2.00 bits per heavy atom. The van der Waals surface area contributed by atoms with Gasteiger partial charge in [0.1, 0.15) is 5.75 Å². The number of hydrogen-bond donors (Lipinski definition) is 0. The highest BCUT2D eigenvalue weighted by atomic mass is 35.5. The predicted molar refractivity (Wildman–Crippen MR) is 61.4 cm³/mol. The Morgan fingerprint density at radius 3 is 2.71 bits per heavy atom. The largest absolute Gasteiger partial charge is 0.493 e. The van der Waals surface area contributed by atoms with Gasteiger partial charge >= 0.3 is 0 Å². The van der Waals surface area contributed by atoms with Gasteiger partial charge in [-0.2, -0.15) is 0 Å². The number of ether oxygens (including phenoxy) is 1. The van der Waals surface area contributed by atoms with E-state index >= 15 is 0 Å². The van der Waals surface area contributed by atoms with Crippen LogP contribution in [0.3, 0.4) is 0 Å². The molecule has 0 fully saturated rings. The van der Waals surface area contributed by atoms with Crippen molar-refractivity contribution in [2.45, 2.75) is 26.7 Å². The summed E-state index contributed by atoms with van der Waals surface area (Å²) in [6, 6.07) is 6.27. The van der Waals surface area contributed by atoms with Crippen LogP contribution in [0.1, 0.15) is 24.0 Å². The molecule has 0 N–H and O–H groups in total. The second-order valence-corrected chi connectivity index (χ2v) is 3.89. The Kier molecular flexibility index (Phi) is 4.81. The quantitative estimate of drug-likeness (QED) is 0.534. The fourth-order valence-electron chi connectivity index (χ4n) is 1.24. The smallest absolute Gasteiger partial charge is 0.122 e. The Labute approximate surface area is 91.0 Å². The number of unbranched alkanes of at least 4 members (excludes halogenated alkanes) is 1. The molecule has 78 valence electrons. The highest BCUT2D eigenvalue weighted by Crippen LogP contribution is 2.19. The molecule has 0 saturated carbocycles. The monoisotopic (exact) mass is 212 g/mol. The average Bonchev–Trinajstić information content (AvgIpc) is 2.18. The van der Waals surface area contributed by atoms with Crippen LogP contribution in [0.25, 0.3) is 0 Å². The molecule has 1 aromatic carbocycles. The summed E-state index contributed by atoms with van der Waals surface area (Å²) in [5.41, 5.74) is 2.43. The molecule has 1 nitrogen and oxygen atoms in total. The van der Waals surface area contributed by atoms with Crippen LogP contribution >= 0.6 is 11.6 Å². The summed E-state index contributed by atoms with van der Waals surface area (Å²) in [5.74, 6) is 1.72. The minimum Gasteiger partial charge on any atom is -0.493 e. The molecule has 0 aliphatic heterocycles. The van der Waals surface area contributed by atoms with Crippen LogP contribution in [0.5, 0.6) is 5.75 Å². The fraction of sp³-hybridized carbons (Fsp3) is 0.500. The summed E-state index contributed by atoms with van der Waals surface area (Å²) in [6.07, 6.45) is 2.04. The van der Waals surface area contributed by atoms with E-state index in [4.69, 9.17) is 16.3 Å². The van der Waals surface area contributed by atoms with Crippen LogP contribution in [0.2, 0.25) is 0 Å². The standard InChI is InChI=1S/C12H17ClO/c1-10-5-6-11(2)12(9-10)14-8-4-3-7-13/h5-6,9H,3-4,7-8H2,1-2H3. The Hall–Kier alpha value is -0.690. The van der Waals surface area contributed by atoms with E-state index in [1.165, 1.54) is 11.1 Å². The molecule has 0 saturated heterocycles. The van der Waals surface area contributed by atoms with Crippen LogP contribution < -0.4 is 4.74 Å². The minimum absolute atomic E-state index is 0.718. The molecule has 1 aromatic rings. The van der Waals surface area contributed by atoms with Crippen molar-refractivity contribution in [2.75, 3.05) is 12.5 Å². The Morgan fingerprint density at radius 1 is 1.21 bits per heavy atom. The van der Waals surface area contributed by atoms with Gasteiger partial charge in [-0.25, -0.2) is 0 Å². The number of alkyl halides is 1. The number of halogens is 1. The first kappa shape index (κ1) is 11.4. The molecule has 0 atom stereocenters. The van der Waals surface area contributed by atoms with Gasteiger partial charge in [-0.05, 0) is 43.9 Å². The van der Waals surface area contributed by atoms with Crippen molar-refractivity contribution in [1.29, 1.82) is 0 Å². The first-order valence-corrected chi connectivity index (χ1v) is 5.53. The first-order valence-electron chi connectivity index (χ1n) is 5.00. The van der Waals surface area contributed by atoms with E-state index in [1.54, 1.807) is 0 Å². The normalized spacial score (nSPS) is 10.2. The number of aryl methyl sites for hydroxylation is 2. The number of rotatable bonds is 5. The van der Waals surface area contributed by atoms with Crippen molar-refractivity contribution < 1.29 is 4.74 Å². The highest BCUT2D eigenvalue weighted by Gasteiger charge is 1.98. The third kappa shape index (κ3) is 3.59. The maximum absolute atomic E-state index is 5.66. The summed E-state index contributed by atoms with van der Waals surface area (Å²) in [5, 5.41) is 0. The zero-order valence-electron chi connectivity index (χ0n) is 8.85. The van der Waals surface area contributed by atoms with Gasteiger partial charge in [0.15, 0.2) is 0 Å². The topological polar surface area (TPSA) is 9.23 Å². The maximum Gasteiger partial charge on any atom is 0.122 e. The lowest BCUT2D eigenvalue weighted by atomic mass is 10.1. The molecular weight excluding hydrogens is 196 g/mol. The van der Waals surface area contributed by atoms with Gasteiger partial charge in [-0.3, -0.25) is 0 Å². The second-order valence-electron chi connectivity index (χ2n) is 3.51. The van der Waals surface area contributed by atoms with Crippen LogP contribution in [-0.2, 0) is 0 Å². The Bertz CT molecular complexity index is 284. The van der Waals surface area contributed by atoms with Crippen LogP contribution in [-0.4, -0.2) is 12.5 Å². The van der Waals surface area contributed by atoms with E-state index in [0.29, 0.717) is 0 Å². The number of benzene rings is 1. The second kappa shape index (κ2) is 5.92. The fourth-order valence-corrected chi connectivity index (χ4v) is 1.43. The van der Waals surface area contributed by atoms with Crippen molar-refractivity contribution in [3.63, 3.8) is 0 Å². The summed E-state index contributed by atoms with van der Waals surface area (Å²) >= 11 is 5.58. The SMILES string of the molecule is Cc1ccc(C)c(OCCCCCl)c1. The molecule has 14 heavy (non-hydrogen) atoms. The van der Waals surface area contributed by atoms with Crippen LogP contribution in [0.15, 0.2) is 18.2 Å². The van der Waals surface area contributed by atoms with Gasteiger partial charge in [-0.15, -0.1) is 11.6 Å². The lowest BCUT2D eigenvalue weighted by molar-refractivity contribution is 0.307. The third-order valence-electron chi connectivity index (χ3n) is 2.13. The van der Waals surface area contributed by atoms with E-state index < -0.39 is 0 Å². The first-order chi connectivity index (χ1) is 6.74. The lowest BCUT2D eigenvalue weighted by Crippen LogP contribution is -1.99. The Balaban J connectivity index is 2.45. The molecule has 0 aromatic heterocycles. The van der Waals surface area contributed by atoms with E-state index in [9.17, 15) is 0 Å². The van der Waals surface area contributed by atoms with Gasteiger partial charge in [0.05, 0.1) is 6.61 Å². The number of hydrogen-bond acceptors (Lipinski definition) is 1. The van der Waals surface area contributed by atoms with Crippen LogP contribution in [0, 0.1) is 13.8 Å². The van der Waals surface area contributed by atoms with Crippen LogP contribution in [0.4, 0.5) is 0 Å². The molecule has 0 radical (unpaired) electrons. The molecule has 2 heteroatoms. The third-order valence-corrected chi connectivity index (χ3v) is 2.40. The zero-order valence-corrected chi connectivity index (χ0v) is 9.60. The molecule has 0 aliphatic carbocycles. The highest BCUT2D eigenvalue weighted by molar-refractivity contribution is 6.17. The molecule has 0 bridgehead atoms. The van der Waals surface area contributed by atoms with E-state index in [-0.39, 0.29) is 0 Å². The average molecular weight is 213 g/mol. The van der Waals surface area contributed by atoms with Gasteiger partial charge < -0.3 is 4.74 Å². The maximum atomic E-state index is 5.66. The zero-order chi connectivity index (χ0) is 10.4. The van der Waals surface area contributed by atoms with Crippen molar-refractivity contribution in [1.82, 2.24) is 0 Å². The van der Waals surface area contributed by atoms with E-state index in [0.717, 1.165) is 31.1 Å². The van der Waals surface area contributed by atoms with Gasteiger partial charge in [0, 0.05) is 5.88 Å². The van der Waals surface area contributed by atoms with Gasteiger partial charge in [-0.1, -0.05) is 12.1 Å². The minimum atomic E-state index is 0.718. The molecular formula is C12H17ClO. The summed E-state index contributed by atoms with van der Waals surface area (Å²) in [4.78, 5) is 0. The molecule has 0 aliphatic rings. The van der Waals surface area contributed by atoms with Crippen molar-refractivity contribution in [3.8, 4) is 5.75 Å². The summed E-state index contributed by atoms with van der Waals surface area (Å²) in [6.45, 7) is 4.90. The molecule has 0 unspecified atom stereocenters. The molecule has 0 amide bonds.